The van der Waals surface area contributed by atoms with E-state index in [2.05, 4.69) is 11.7 Å². The molecule has 0 unspecified atom stereocenters. The molecule has 0 radical (unpaired) electrons. The molecule has 116 valence electrons. The lowest BCUT2D eigenvalue weighted by atomic mass is 9.79. The van der Waals surface area contributed by atoms with Gasteiger partial charge in [-0.1, -0.05) is 26.2 Å². The first kappa shape index (κ1) is 15.6. The third-order valence-electron chi connectivity index (χ3n) is 4.40. The molecule has 0 atom stereocenters. The van der Waals surface area contributed by atoms with E-state index in [1.807, 2.05) is 0 Å². The first-order valence-corrected chi connectivity index (χ1v) is 7.81. The Hall–Kier alpha value is -0.810. The van der Waals surface area contributed by atoms with Crippen LogP contribution in [0.4, 0.5) is 4.79 Å². The summed E-state index contributed by atoms with van der Waals surface area (Å²) in [5.74, 6) is 1.33. The van der Waals surface area contributed by atoms with E-state index in [-0.39, 0.29) is 6.29 Å². The minimum Gasteiger partial charge on any atom is -0.450 e. The molecular formula is C15H26O5. The highest BCUT2D eigenvalue weighted by molar-refractivity contribution is 5.57. The van der Waals surface area contributed by atoms with Gasteiger partial charge in [-0.25, -0.2) is 4.79 Å². The lowest BCUT2D eigenvalue weighted by molar-refractivity contribution is -0.243. The second-order valence-corrected chi connectivity index (χ2v) is 5.96. The number of carboxylic acid groups (broad SMARTS) is 1. The standard InChI is InChI=1S/C15H26O5/c1-2-3-4-11-5-7-12(8-6-11)14-18-9-13(10-19-14)20-15(16)17/h11-14H,2-10H2,1H3,(H,16,17). The van der Waals surface area contributed by atoms with Crippen LogP contribution in [0.2, 0.25) is 0 Å². The molecule has 0 aromatic carbocycles. The summed E-state index contributed by atoms with van der Waals surface area (Å²) in [6.07, 6.45) is 6.89. The summed E-state index contributed by atoms with van der Waals surface area (Å²) >= 11 is 0. The molecule has 1 saturated carbocycles. The Morgan fingerprint density at radius 3 is 2.40 bits per heavy atom. The summed E-state index contributed by atoms with van der Waals surface area (Å²) in [6.45, 7) is 2.87. The Bertz CT molecular complexity index is 291. The Morgan fingerprint density at radius 1 is 1.20 bits per heavy atom. The van der Waals surface area contributed by atoms with Crippen LogP contribution in [0.3, 0.4) is 0 Å². The monoisotopic (exact) mass is 286 g/mol. The predicted octanol–water partition coefficient (Wildman–Crippen LogP) is 3.42. The summed E-state index contributed by atoms with van der Waals surface area (Å²) in [7, 11) is 0. The fourth-order valence-electron chi connectivity index (χ4n) is 3.23. The van der Waals surface area contributed by atoms with Gasteiger partial charge in [0.2, 0.25) is 0 Å². The quantitative estimate of drug-likeness (QED) is 0.784. The summed E-state index contributed by atoms with van der Waals surface area (Å²) in [5.41, 5.74) is 0. The SMILES string of the molecule is CCCCC1CCC(C2OCC(OC(=O)O)CO2)CC1. The fraction of sp³-hybridized carbons (Fsp3) is 0.933. The zero-order valence-corrected chi connectivity index (χ0v) is 12.3. The Labute approximate surface area is 120 Å². The summed E-state index contributed by atoms with van der Waals surface area (Å²) < 4.78 is 15.9. The van der Waals surface area contributed by atoms with Gasteiger partial charge >= 0.3 is 6.16 Å². The largest absolute Gasteiger partial charge is 0.506 e. The van der Waals surface area contributed by atoms with E-state index in [1.165, 1.54) is 32.1 Å². The molecule has 20 heavy (non-hydrogen) atoms. The van der Waals surface area contributed by atoms with Gasteiger partial charge in [0, 0.05) is 5.92 Å². The second-order valence-electron chi connectivity index (χ2n) is 5.96. The van der Waals surface area contributed by atoms with Gasteiger partial charge in [-0.05, 0) is 31.6 Å². The molecule has 1 heterocycles. The molecule has 2 rings (SSSR count). The van der Waals surface area contributed by atoms with Crippen LogP contribution in [0.15, 0.2) is 0 Å². The molecule has 5 nitrogen and oxygen atoms in total. The number of hydrogen-bond donors (Lipinski definition) is 1. The molecule has 0 spiro atoms. The Balaban J connectivity index is 1.66. The molecule has 0 amide bonds. The second kappa shape index (κ2) is 7.84. The molecule has 1 aliphatic heterocycles. The van der Waals surface area contributed by atoms with E-state index in [1.54, 1.807) is 0 Å². The zero-order chi connectivity index (χ0) is 14.4. The fourth-order valence-corrected chi connectivity index (χ4v) is 3.23. The van der Waals surface area contributed by atoms with Gasteiger partial charge in [-0.2, -0.15) is 0 Å². The number of ether oxygens (including phenoxy) is 3. The molecule has 0 bridgehead atoms. The van der Waals surface area contributed by atoms with Crippen LogP contribution in [0.5, 0.6) is 0 Å². The van der Waals surface area contributed by atoms with Crippen molar-refractivity contribution in [2.24, 2.45) is 11.8 Å². The van der Waals surface area contributed by atoms with Crippen LogP contribution >= 0.6 is 0 Å². The van der Waals surface area contributed by atoms with Crippen molar-refractivity contribution in [1.82, 2.24) is 0 Å². The summed E-state index contributed by atoms with van der Waals surface area (Å²) in [4.78, 5) is 10.4. The number of unbranched alkanes of at least 4 members (excludes halogenated alkanes) is 1. The van der Waals surface area contributed by atoms with Crippen molar-refractivity contribution in [3.8, 4) is 0 Å². The average molecular weight is 286 g/mol. The highest BCUT2D eigenvalue weighted by Gasteiger charge is 2.33. The molecule has 5 heteroatoms. The zero-order valence-electron chi connectivity index (χ0n) is 12.3. The maximum absolute atomic E-state index is 10.4. The van der Waals surface area contributed by atoms with Crippen molar-refractivity contribution in [1.29, 1.82) is 0 Å². The third kappa shape index (κ3) is 4.63. The van der Waals surface area contributed by atoms with Gasteiger partial charge in [-0.15, -0.1) is 0 Å². The first-order chi connectivity index (χ1) is 9.69. The van der Waals surface area contributed by atoms with E-state index in [0.29, 0.717) is 19.1 Å². The van der Waals surface area contributed by atoms with E-state index >= 15 is 0 Å². The van der Waals surface area contributed by atoms with E-state index in [9.17, 15) is 4.79 Å². The van der Waals surface area contributed by atoms with Crippen LogP contribution in [-0.2, 0) is 14.2 Å². The van der Waals surface area contributed by atoms with Gasteiger partial charge in [0.05, 0.1) is 13.2 Å². The van der Waals surface area contributed by atoms with Crippen LogP contribution < -0.4 is 0 Å². The maximum atomic E-state index is 10.4. The highest BCUT2D eigenvalue weighted by Crippen LogP contribution is 2.35. The number of rotatable bonds is 5. The van der Waals surface area contributed by atoms with E-state index in [0.717, 1.165) is 18.8 Å². The van der Waals surface area contributed by atoms with Gasteiger partial charge in [-0.3, -0.25) is 0 Å². The molecule has 1 N–H and O–H groups in total. The maximum Gasteiger partial charge on any atom is 0.506 e. The van der Waals surface area contributed by atoms with E-state index in [4.69, 9.17) is 14.6 Å². The third-order valence-corrected chi connectivity index (χ3v) is 4.40. The van der Waals surface area contributed by atoms with Crippen LogP contribution in [0.25, 0.3) is 0 Å². The molecule has 0 aromatic rings. The van der Waals surface area contributed by atoms with Crippen molar-refractivity contribution in [2.45, 2.75) is 64.3 Å². The smallest absolute Gasteiger partial charge is 0.450 e. The highest BCUT2D eigenvalue weighted by atomic mass is 16.7. The number of carbonyl (C=O) groups is 1. The van der Waals surface area contributed by atoms with Gasteiger partial charge in [0.15, 0.2) is 12.4 Å². The van der Waals surface area contributed by atoms with Gasteiger partial charge < -0.3 is 19.3 Å². The molecule has 1 aliphatic carbocycles. The van der Waals surface area contributed by atoms with E-state index < -0.39 is 12.3 Å². The van der Waals surface area contributed by atoms with Gasteiger partial charge in [0.25, 0.3) is 0 Å². The van der Waals surface area contributed by atoms with Crippen molar-refractivity contribution >= 4 is 6.16 Å². The summed E-state index contributed by atoms with van der Waals surface area (Å²) in [6, 6.07) is 0. The lowest BCUT2D eigenvalue weighted by Gasteiger charge is -2.37. The van der Waals surface area contributed by atoms with Crippen molar-refractivity contribution in [3.05, 3.63) is 0 Å². The summed E-state index contributed by atoms with van der Waals surface area (Å²) in [5, 5.41) is 8.55. The average Bonchev–Trinajstić information content (AvgIpc) is 2.46. The normalized spacial score (nSPS) is 34.6. The molecule has 0 aromatic heterocycles. The number of hydrogen-bond acceptors (Lipinski definition) is 4. The molecule has 2 aliphatic rings. The lowest BCUT2D eigenvalue weighted by Crippen LogP contribution is -2.42. The molecule has 1 saturated heterocycles. The minimum atomic E-state index is -1.27. The molecular weight excluding hydrogens is 260 g/mol. The topological polar surface area (TPSA) is 65.0 Å². The van der Waals surface area contributed by atoms with Gasteiger partial charge in [0.1, 0.15) is 0 Å². The van der Waals surface area contributed by atoms with Crippen LogP contribution in [-0.4, -0.2) is 36.9 Å². The van der Waals surface area contributed by atoms with Crippen molar-refractivity contribution in [2.75, 3.05) is 13.2 Å². The molecule has 2 fully saturated rings. The Morgan fingerprint density at radius 2 is 1.85 bits per heavy atom. The van der Waals surface area contributed by atoms with Crippen molar-refractivity contribution in [3.63, 3.8) is 0 Å². The Kier molecular flexibility index (Phi) is 6.10. The first-order valence-electron chi connectivity index (χ1n) is 7.81. The minimum absolute atomic E-state index is 0.171. The van der Waals surface area contributed by atoms with Crippen LogP contribution in [0.1, 0.15) is 51.9 Å². The van der Waals surface area contributed by atoms with Crippen molar-refractivity contribution < 1.29 is 24.1 Å². The van der Waals surface area contributed by atoms with Crippen LogP contribution in [0, 0.1) is 11.8 Å². The predicted molar refractivity (Wildman–Crippen MR) is 73.6 cm³/mol.